The van der Waals surface area contributed by atoms with Crippen LogP contribution in [-0.2, 0) is 12.6 Å². The lowest BCUT2D eigenvalue weighted by Gasteiger charge is -2.15. The van der Waals surface area contributed by atoms with E-state index >= 15 is 0 Å². The van der Waals surface area contributed by atoms with Crippen molar-refractivity contribution in [2.45, 2.75) is 18.7 Å². The van der Waals surface area contributed by atoms with Gasteiger partial charge in [-0.3, -0.25) is 0 Å². The second kappa shape index (κ2) is 6.47. The fraction of sp³-hybridized carbons (Fsp3) is 0.294. The van der Waals surface area contributed by atoms with Crippen LogP contribution in [0.15, 0.2) is 30.3 Å². The average Bonchev–Trinajstić information content (AvgIpc) is 2.91. The monoisotopic (exact) mass is 375 g/mol. The highest BCUT2D eigenvalue weighted by atomic mass is 35.5. The number of alkyl halides is 3. The maximum absolute atomic E-state index is 13.3. The van der Waals surface area contributed by atoms with Gasteiger partial charge < -0.3 is 10.1 Å². The molecule has 1 aliphatic rings. The topological polar surface area (TPSA) is 21.3 Å². The maximum atomic E-state index is 13.3. The largest absolute Gasteiger partial charge is 0.488 e. The number of hydrogen-bond donors (Lipinski definition) is 1. The van der Waals surface area contributed by atoms with Crippen LogP contribution in [0.3, 0.4) is 0 Å². The zero-order valence-corrected chi connectivity index (χ0v) is 14.2. The van der Waals surface area contributed by atoms with Crippen molar-refractivity contribution in [1.29, 1.82) is 0 Å². The van der Waals surface area contributed by atoms with E-state index in [1.165, 1.54) is 0 Å². The van der Waals surface area contributed by atoms with Crippen LogP contribution < -0.4 is 10.1 Å². The van der Waals surface area contributed by atoms with Gasteiger partial charge in [-0.25, -0.2) is 0 Å². The van der Waals surface area contributed by atoms with Crippen LogP contribution >= 0.6 is 23.2 Å². The molecule has 0 aromatic heterocycles. The van der Waals surface area contributed by atoms with E-state index in [9.17, 15) is 13.2 Å². The Morgan fingerprint density at radius 1 is 1.17 bits per heavy atom. The molecule has 0 bridgehead atoms. The smallest absolute Gasteiger partial charge is 0.416 e. The molecule has 0 aliphatic carbocycles. The fourth-order valence-corrected chi connectivity index (χ4v) is 3.23. The Balaban J connectivity index is 2.18. The van der Waals surface area contributed by atoms with E-state index in [2.05, 4.69) is 5.32 Å². The van der Waals surface area contributed by atoms with Gasteiger partial charge in [0.1, 0.15) is 11.9 Å². The highest BCUT2D eigenvalue weighted by Gasteiger charge is 2.35. The van der Waals surface area contributed by atoms with Gasteiger partial charge in [0, 0.05) is 34.1 Å². The lowest BCUT2D eigenvalue weighted by atomic mass is 9.97. The fourth-order valence-electron chi connectivity index (χ4n) is 2.84. The number of rotatable bonds is 3. The molecule has 0 saturated heterocycles. The third kappa shape index (κ3) is 3.34. The molecule has 0 amide bonds. The van der Waals surface area contributed by atoms with Crippen molar-refractivity contribution < 1.29 is 17.9 Å². The highest BCUT2D eigenvalue weighted by molar-refractivity contribution is 6.35. The third-order valence-electron chi connectivity index (χ3n) is 3.88. The molecule has 0 radical (unpaired) electrons. The molecule has 2 nitrogen and oxygen atoms in total. The van der Waals surface area contributed by atoms with Crippen LogP contribution in [-0.4, -0.2) is 19.7 Å². The SMILES string of the molecule is CNCC1Cc2cc(C(F)(F)F)cc(-c3cc(Cl)ccc3Cl)c2O1. The molecule has 1 heterocycles. The summed E-state index contributed by atoms with van der Waals surface area (Å²) in [7, 11) is 1.77. The minimum absolute atomic E-state index is 0.217. The van der Waals surface area contributed by atoms with Crippen molar-refractivity contribution >= 4 is 23.2 Å². The molecule has 7 heteroatoms. The van der Waals surface area contributed by atoms with Crippen LogP contribution in [0.4, 0.5) is 13.2 Å². The molecule has 1 N–H and O–H groups in total. The van der Waals surface area contributed by atoms with Crippen LogP contribution in [0.2, 0.25) is 10.0 Å². The quantitative estimate of drug-likeness (QED) is 0.795. The summed E-state index contributed by atoms with van der Waals surface area (Å²) in [5, 5.41) is 3.69. The van der Waals surface area contributed by atoms with Gasteiger partial charge in [-0.15, -0.1) is 0 Å². The van der Waals surface area contributed by atoms with Crippen LogP contribution in [0, 0.1) is 0 Å². The maximum Gasteiger partial charge on any atom is 0.416 e. The molecule has 2 aromatic carbocycles. The summed E-state index contributed by atoms with van der Waals surface area (Å²) >= 11 is 12.2. The molecule has 2 aromatic rings. The minimum Gasteiger partial charge on any atom is -0.488 e. The predicted octanol–water partition coefficient (Wildman–Crippen LogP) is 5.20. The van der Waals surface area contributed by atoms with Crippen molar-refractivity contribution in [3.8, 4) is 16.9 Å². The van der Waals surface area contributed by atoms with Crippen molar-refractivity contribution in [1.82, 2.24) is 5.32 Å². The standard InChI is InChI=1S/C17H14Cl2F3NO/c1-23-8-12-5-9-4-10(17(20,21)22)6-14(16(9)24-12)13-7-11(18)2-3-15(13)19/h2-4,6-7,12,23H,5,8H2,1H3. The van der Waals surface area contributed by atoms with E-state index in [0.717, 1.165) is 12.1 Å². The molecule has 128 valence electrons. The lowest BCUT2D eigenvalue weighted by molar-refractivity contribution is -0.137. The number of hydrogen-bond acceptors (Lipinski definition) is 2. The molecule has 0 saturated carbocycles. The summed E-state index contributed by atoms with van der Waals surface area (Å²) < 4.78 is 45.7. The Hall–Kier alpha value is -1.43. The second-order valence-corrected chi connectivity index (χ2v) is 6.48. The van der Waals surface area contributed by atoms with Crippen molar-refractivity contribution in [3.63, 3.8) is 0 Å². The highest BCUT2D eigenvalue weighted by Crippen LogP contribution is 2.45. The van der Waals surface area contributed by atoms with E-state index in [0.29, 0.717) is 45.5 Å². The zero-order chi connectivity index (χ0) is 17.5. The summed E-state index contributed by atoms with van der Waals surface area (Å²) in [5.41, 5.74) is 0.541. The van der Waals surface area contributed by atoms with Crippen LogP contribution in [0.25, 0.3) is 11.1 Å². The molecule has 1 aliphatic heterocycles. The zero-order valence-electron chi connectivity index (χ0n) is 12.7. The Morgan fingerprint density at radius 2 is 1.92 bits per heavy atom. The first-order chi connectivity index (χ1) is 11.3. The van der Waals surface area contributed by atoms with E-state index in [1.54, 1.807) is 25.2 Å². The Kier molecular flexibility index (Phi) is 4.69. The summed E-state index contributed by atoms with van der Waals surface area (Å²) in [6.07, 6.45) is -4.26. The molecule has 1 unspecified atom stereocenters. The number of ether oxygens (including phenoxy) is 1. The van der Waals surface area contributed by atoms with Gasteiger partial charge in [-0.1, -0.05) is 23.2 Å². The number of likely N-dealkylation sites (N-methyl/N-ethyl adjacent to an activating group) is 1. The Morgan fingerprint density at radius 3 is 2.58 bits per heavy atom. The van der Waals surface area contributed by atoms with E-state index in [-0.39, 0.29) is 6.10 Å². The van der Waals surface area contributed by atoms with Crippen molar-refractivity contribution in [3.05, 3.63) is 51.5 Å². The molecule has 0 spiro atoms. The van der Waals surface area contributed by atoms with Gasteiger partial charge in [-0.05, 0) is 42.9 Å². The van der Waals surface area contributed by atoms with E-state index < -0.39 is 11.7 Å². The summed E-state index contributed by atoms with van der Waals surface area (Å²) in [6, 6.07) is 6.91. The van der Waals surface area contributed by atoms with Gasteiger partial charge in [-0.2, -0.15) is 13.2 Å². The molecule has 3 rings (SSSR count). The van der Waals surface area contributed by atoms with Gasteiger partial charge in [0.25, 0.3) is 0 Å². The van der Waals surface area contributed by atoms with Crippen molar-refractivity contribution in [2.24, 2.45) is 0 Å². The molecular formula is C17H14Cl2F3NO. The number of benzene rings is 2. The van der Waals surface area contributed by atoms with E-state index in [4.69, 9.17) is 27.9 Å². The second-order valence-electron chi connectivity index (χ2n) is 5.64. The van der Waals surface area contributed by atoms with Gasteiger partial charge in [0.05, 0.1) is 5.56 Å². The van der Waals surface area contributed by atoms with E-state index in [1.807, 2.05) is 0 Å². The first-order valence-corrected chi connectivity index (χ1v) is 8.06. The first kappa shape index (κ1) is 17.4. The van der Waals surface area contributed by atoms with Crippen LogP contribution in [0.5, 0.6) is 5.75 Å². The Bertz CT molecular complexity index is 777. The molecule has 0 fully saturated rings. The summed E-state index contributed by atoms with van der Waals surface area (Å²) in [4.78, 5) is 0. The predicted molar refractivity (Wildman–Crippen MR) is 88.9 cm³/mol. The normalized spacial score (nSPS) is 16.8. The molecule has 24 heavy (non-hydrogen) atoms. The van der Waals surface area contributed by atoms with Crippen molar-refractivity contribution in [2.75, 3.05) is 13.6 Å². The average molecular weight is 376 g/mol. The number of fused-ring (bicyclic) bond motifs is 1. The van der Waals surface area contributed by atoms with Gasteiger partial charge in [0.15, 0.2) is 0 Å². The summed E-state index contributed by atoms with van der Waals surface area (Å²) in [5.74, 6) is 0.437. The minimum atomic E-state index is -4.45. The lowest BCUT2D eigenvalue weighted by Crippen LogP contribution is -2.27. The number of halogens is 5. The molecular weight excluding hydrogens is 362 g/mol. The number of nitrogens with one attached hydrogen (secondary N) is 1. The van der Waals surface area contributed by atoms with Crippen LogP contribution in [0.1, 0.15) is 11.1 Å². The first-order valence-electron chi connectivity index (χ1n) is 7.30. The molecule has 1 atom stereocenters. The Labute approximate surface area is 147 Å². The van der Waals surface area contributed by atoms with Gasteiger partial charge in [0.2, 0.25) is 0 Å². The summed E-state index contributed by atoms with van der Waals surface area (Å²) in [6.45, 7) is 0.540. The third-order valence-corrected chi connectivity index (χ3v) is 4.44. The van der Waals surface area contributed by atoms with Gasteiger partial charge >= 0.3 is 6.18 Å².